The van der Waals surface area contributed by atoms with E-state index in [1.807, 2.05) is 4.90 Å². The fraction of sp³-hybridized carbons (Fsp3) is 0.944. The molecule has 4 nitrogen and oxygen atoms in total. The first-order valence-electron chi connectivity index (χ1n) is 9.38. The summed E-state index contributed by atoms with van der Waals surface area (Å²) in [6, 6.07) is 0.910. The van der Waals surface area contributed by atoms with Crippen LogP contribution in [0.2, 0.25) is 0 Å². The van der Waals surface area contributed by atoms with Gasteiger partial charge < -0.3 is 9.38 Å². The van der Waals surface area contributed by atoms with Gasteiger partial charge in [0.15, 0.2) is 0 Å². The van der Waals surface area contributed by atoms with Crippen molar-refractivity contribution in [3.8, 4) is 0 Å². The Balaban J connectivity index is 1.25. The molecule has 5 rings (SSSR count). The molecule has 4 saturated heterocycles. The lowest BCUT2D eigenvalue weighted by Crippen LogP contribution is -2.62. The number of likely N-dealkylation sites (tertiary alicyclic amines) is 1. The standard InChI is InChI=1S/C18H32N3O/c1-3-6-20-14-21(12-17(20)13-21)11-16-9-18(10-16)4-7-19(8-5-18)15(2)22/h16-17H,3-14H2,1-2H3/q+1. The first-order valence-corrected chi connectivity index (χ1v) is 9.38. The first-order chi connectivity index (χ1) is 10.5. The molecule has 0 N–H and O–H groups in total. The van der Waals surface area contributed by atoms with E-state index in [9.17, 15) is 4.79 Å². The van der Waals surface area contributed by atoms with Crippen LogP contribution in [0.1, 0.15) is 46.0 Å². The summed E-state index contributed by atoms with van der Waals surface area (Å²) in [6.07, 6.45) is 6.70. The molecule has 2 bridgehead atoms. The van der Waals surface area contributed by atoms with Crippen LogP contribution in [0, 0.1) is 11.3 Å². The van der Waals surface area contributed by atoms with Crippen LogP contribution in [0.25, 0.3) is 0 Å². The maximum atomic E-state index is 11.5. The Morgan fingerprint density at radius 2 is 1.91 bits per heavy atom. The highest BCUT2D eigenvalue weighted by Gasteiger charge is 2.58. The molecule has 0 aromatic rings. The van der Waals surface area contributed by atoms with Crippen LogP contribution in [0.15, 0.2) is 0 Å². The average Bonchev–Trinajstić information content (AvgIpc) is 2.92. The van der Waals surface area contributed by atoms with Gasteiger partial charge in [0.2, 0.25) is 5.91 Å². The zero-order valence-corrected chi connectivity index (χ0v) is 14.4. The molecule has 1 spiro atoms. The van der Waals surface area contributed by atoms with Crippen molar-refractivity contribution in [3.05, 3.63) is 0 Å². The topological polar surface area (TPSA) is 23.6 Å². The van der Waals surface area contributed by atoms with Crippen molar-refractivity contribution < 1.29 is 9.28 Å². The summed E-state index contributed by atoms with van der Waals surface area (Å²) < 4.78 is 1.41. The van der Waals surface area contributed by atoms with Gasteiger partial charge >= 0.3 is 0 Å². The molecule has 1 aliphatic carbocycles. The van der Waals surface area contributed by atoms with Gasteiger partial charge in [0.1, 0.15) is 25.8 Å². The van der Waals surface area contributed by atoms with Crippen molar-refractivity contribution in [1.82, 2.24) is 9.80 Å². The molecule has 4 heterocycles. The number of quaternary nitrogens is 1. The summed E-state index contributed by atoms with van der Waals surface area (Å²) in [6.45, 7) is 13.0. The van der Waals surface area contributed by atoms with Gasteiger partial charge in [0.05, 0.1) is 6.54 Å². The molecule has 5 fully saturated rings. The Morgan fingerprint density at radius 3 is 2.50 bits per heavy atom. The van der Waals surface area contributed by atoms with Crippen LogP contribution >= 0.6 is 0 Å². The Hall–Kier alpha value is -0.610. The van der Waals surface area contributed by atoms with E-state index in [-0.39, 0.29) is 5.91 Å². The number of hydrogen-bond donors (Lipinski definition) is 0. The van der Waals surface area contributed by atoms with Crippen LogP contribution in [-0.2, 0) is 4.79 Å². The second-order valence-electron chi connectivity index (χ2n) is 8.78. The molecule has 0 unspecified atom stereocenters. The number of hydrogen-bond acceptors (Lipinski definition) is 2. The third kappa shape index (κ3) is 2.39. The summed E-state index contributed by atoms with van der Waals surface area (Å²) in [7, 11) is 0. The normalized spacial score (nSPS) is 37.2. The zero-order chi connectivity index (χ0) is 15.4. The molecular formula is C18H32N3O+. The predicted octanol–water partition coefficient (Wildman–Crippen LogP) is 1.91. The zero-order valence-electron chi connectivity index (χ0n) is 14.4. The molecule has 0 aromatic carbocycles. The van der Waals surface area contributed by atoms with E-state index in [2.05, 4.69) is 11.8 Å². The highest BCUT2D eigenvalue weighted by Crippen LogP contribution is 2.54. The lowest BCUT2D eigenvalue weighted by molar-refractivity contribution is -0.948. The van der Waals surface area contributed by atoms with Gasteiger partial charge in [-0.1, -0.05) is 6.92 Å². The van der Waals surface area contributed by atoms with Gasteiger partial charge in [0, 0.05) is 32.5 Å². The molecule has 4 aliphatic heterocycles. The maximum Gasteiger partial charge on any atom is 0.219 e. The molecule has 5 aliphatic rings. The third-order valence-corrected chi connectivity index (χ3v) is 7.06. The molecule has 124 valence electrons. The fourth-order valence-electron chi connectivity index (χ4n) is 5.98. The van der Waals surface area contributed by atoms with E-state index in [0.717, 1.165) is 25.0 Å². The van der Waals surface area contributed by atoms with Crippen LogP contribution in [0.5, 0.6) is 0 Å². The Labute approximate surface area is 135 Å². The molecule has 4 heteroatoms. The SMILES string of the molecule is CCCN1C[N+]2(CC3CC4(CCN(C(C)=O)CC4)C3)CC1C2. The second-order valence-corrected chi connectivity index (χ2v) is 8.78. The van der Waals surface area contributed by atoms with Gasteiger partial charge in [-0.3, -0.25) is 4.79 Å². The molecule has 0 aromatic heterocycles. The maximum absolute atomic E-state index is 11.5. The third-order valence-electron chi connectivity index (χ3n) is 7.06. The van der Waals surface area contributed by atoms with Gasteiger partial charge in [-0.05, 0) is 37.5 Å². The number of rotatable bonds is 4. The largest absolute Gasteiger partial charge is 0.343 e. The molecular weight excluding hydrogens is 274 g/mol. The molecule has 1 saturated carbocycles. The van der Waals surface area contributed by atoms with Gasteiger partial charge in [-0.25, -0.2) is 4.90 Å². The van der Waals surface area contributed by atoms with Crippen molar-refractivity contribution in [2.45, 2.75) is 52.0 Å². The summed E-state index contributed by atoms with van der Waals surface area (Å²) in [5.41, 5.74) is 0.613. The highest BCUT2D eigenvalue weighted by atomic mass is 16.2. The number of amides is 1. The quantitative estimate of drug-likeness (QED) is 0.741. The highest BCUT2D eigenvalue weighted by molar-refractivity contribution is 5.73. The summed E-state index contributed by atoms with van der Waals surface area (Å²) in [5, 5.41) is 0. The summed E-state index contributed by atoms with van der Waals surface area (Å²) in [4.78, 5) is 16.2. The van der Waals surface area contributed by atoms with Crippen molar-refractivity contribution in [2.75, 3.05) is 45.9 Å². The monoisotopic (exact) mass is 306 g/mol. The Kier molecular flexibility index (Phi) is 3.53. The number of carbonyl (C=O) groups is 1. The van der Waals surface area contributed by atoms with Crippen molar-refractivity contribution in [3.63, 3.8) is 0 Å². The molecule has 0 radical (unpaired) electrons. The lowest BCUT2D eigenvalue weighted by atomic mass is 9.57. The minimum Gasteiger partial charge on any atom is -0.343 e. The van der Waals surface area contributed by atoms with E-state index >= 15 is 0 Å². The van der Waals surface area contributed by atoms with Crippen LogP contribution in [-0.4, -0.2) is 72.2 Å². The van der Waals surface area contributed by atoms with Gasteiger partial charge in [-0.2, -0.15) is 0 Å². The van der Waals surface area contributed by atoms with Crippen molar-refractivity contribution in [1.29, 1.82) is 0 Å². The summed E-state index contributed by atoms with van der Waals surface area (Å²) >= 11 is 0. The first kappa shape index (κ1) is 14.9. The van der Waals surface area contributed by atoms with E-state index in [1.165, 1.54) is 69.4 Å². The number of fused-ring (bicyclic) bond motifs is 1. The smallest absolute Gasteiger partial charge is 0.219 e. The van der Waals surface area contributed by atoms with E-state index in [0.29, 0.717) is 5.41 Å². The second kappa shape index (κ2) is 5.20. The predicted molar refractivity (Wildman–Crippen MR) is 87.2 cm³/mol. The summed E-state index contributed by atoms with van der Waals surface area (Å²) in [5.74, 6) is 1.23. The molecule has 22 heavy (non-hydrogen) atoms. The average molecular weight is 306 g/mol. The van der Waals surface area contributed by atoms with Crippen LogP contribution < -0.4 is 0 Å². The lowest BCUT2D eigenvalue weighted by Gasteiger charge is -2.54. The minimum absolute atomic E-state index is 0.267. The van der Waals surface area contributed by atoms with E-state index < -0.39 is 0 Å². The van der Waals surface area contributed by atoms with Crippen LogP contribution in [0.3, 0.4) is 0 Å². The van der Waals surface area contributed by atoms with Crippen LogP contribution in [0.4, 0.5) is 0 Å². The fourth-order valence-corrected chi connectivity index (χ4v) is 5.98. The van der Waals surface area contributed by atoms with Crippen molar-refractivity contribution in [2.24, 2.45) is 11.3 Å². The van der Waals surface area contributed by atoms with Gasteiger partial charge in [0.25, 0.3) is 0 Å². The van der Waals surface area contributed by atoms with Gasteiger partial charge in [-0.15, -0.1) is 0 Å². The van der Waals surface area contributed by atoms with Crippen molar-refractivity contribution >= 4 is 5.91 Å². The number of piperidine rings is 1. The Bertz CT molecular complexity index is 441. The minimum atomic E-state index is 0.267. The number of carbonyl (C=O) groups excluding carboxylic acids is 1. The number of nitrogens with zero attached hydrogens (tertiary/aromatic N) is 3. The molecule has 0 atom stereocenters. The molecule has 1 amide bonds. The Morgan fingerprint density at radius 1 is 1.23 bits per heavy atom. The van der Waals surface area contributed by atoms with E-state index in [1.54, 1.807) is 6.92 Å². The van der Waals surface area contributed by atoms with E-state index in [4.69, 9.17) is 0 Å².